The zero-order valence-corrected chi connectivity index (χ0v) is 32.3. The zero-order chi connectivity index (χ0) is 39.3. The van der Waals surface area contributed by atoms with E-state index < -0.39 is 18.2 Å². The van der Waals surface area contributed by atoms with E-state index in [2.05, 4.69) is 0 Å². The lowest BCUT2D eigenvalue weighted by atomic mass is 10.1. The second kappa shape index (κ2) is 19.7. The summed E-state index contributed by atoms with van der Waals surface area (Å²) in [5.41, 5.74) is 4.99. The molecule has 12 heteroatoms. The first kappa shape index (κ1) is 40.7. The van der Waals surface area contributed by atoms with Gasteiger partial charge < -0.3 is 37.6 Å². The molecular formula is C43H50N2O10. The van der Waals surface area contributed by atoms with Crippen LogP contribution in [-0.4, -0.2) is 71.8 Å². The topological polar surface area (TPSA) is 153 Å². The quantitative estimate of drug-likeness (QED) is 0.0728. The molecule has 5 rings (SSSR count). The molecule has 0 spiro atoms. The maximum Gasteiger partial charge on any atom is 0.335 e. The minimum absolute atomic E-state index is 0.203. The van der Waals surface area contributed by atoms with Crippen LogP contribution in [0.15, 0.2) is 81.6 Å². The number of hydrogen-bond acceptors (Lipinski definition) is 11. The summed E-state index contributed by atoms with van der Waals surface area (Å²) in [7, 11) is 0. The van der Waals surface area contributed by atoms with Gasteiger partial charge in [0.25, 0.3) is 0 Å². The highest BCUT2D eigenvalue weighted by Gasteiger charge is 2.22. The number of carbonyl (C=O) groups is 2. The average Bonchev–Trinajstić information content (AvgIpc) is 3.73. The molecule has 0 unspecified atom stereocenters. The summed E-state index contributed by atoms with van der Waals surface area (Å²) >= 11 is 0. The summed E-state index contributed by atoms with van der Waals surface area (Å²) in [6, 6.07) is 22.7. The molecule has 2 atom stereocenters. The molecular weight excluding hydrogens is 704 g/mol. The number of hydrogen-bond donors (Lipinski definition) is 1. The van der Waals surface area contributed by atoms with Crippen LogP contribution in [0.4, 0.5) is 0 Å². The molecule has 0 saturated carbocycles. The fourth-order valence-electron chi connectivity index (χ4n) is 5.89. The van der Waals surface area contributed by atoms with E-state index in [-0.39, 0.29) is 18.5 Å². The first-order valence-electron chi connectivity index (χ1n) is 18.7. The number of carboxylic acid groups (broad SMARTS) is 1. The van der Waals surface area contributed by atoms with Gasteiger partial charge in [0.1, 0.15) is 23.0 Å². The Kier molecular flexibility index (Phi) is 14.6. The molecule has 0 fully saturated rings. The van der Waals surface area contributed by atoms with Crippen LogP contribution in [0.25, 0.3) is 22.9 Å². The predicted molar refractivity (Wildman–Crippen MR) is 205 cm³/mol. The van der Waals surface area contributed by atoms with Gasteiger partial charge in [-0.05, 0) is 95.1 Å². The SMILES string of the molecule is CCO[C@@H](Cc1ccc(OCCc2nc(-c3cccc(-c4nc(CCOc5ccc(C[C@H](OCC)C(=O)OC(C)C)cc5)c(C)o4)c3)oc2C)cc1)C(=O)O. The van der Waals surface area contributed by atoms with Gasteiger partial charge in [0.05, 0.1) is 30.7 Å². The van der Waals surface area contributed by atoms with Crippen LogP contribution in [-0.2, 0) is 49.5 Å². The molecule has 1 N–H and O–H groups in total. The summed E-state index contributed by atoms with van der Waals surface area (Å²) in [5.74, 6) is 2.47. The normalized spacial score (nSPS) is 12.4. The number of carboxylic acids is 1. The summed E-state index contributed by atoms with van der Waals surface area (Å²) in [5, 5.41) is 9.34. The highest BCUT2D eigenvalue weighted by molar-refractivity contribution is 5.75. The van der Waals surface area contributed by atoms with Crippen LogP contribution in [0.3, 0.4) is 0 Å². The lowest BCUT2D eigenvalue weighted by molar-refractivity contribution is -0.160. The number of aryl methyl sites for hydroxylation is 2. The van der Waals surface area contributed by atoms with E-state index in [9.17, 15) is 14.7 Å². The van der Waals surface area contributed by atoms with Crippen LogP contribution in [0.1, 0.15) is 61.7 Å². The van der Waals surface area contributed by atoms with Gasteiger partial charge in [-0.25, -0.2) is 19.6 Å². The molecule has 0 amide bonds. The number of ether oxygens (including phenoxy) is 5. The van der Waals surface area contributed by atoms with Gasteiger partial charge in [0, 0.05) is 50.0 Å². The Hall–Kier alpha value is -5.46. The van der Waals surface area contributed by atoms with Crippen LogP contribution in [0.5, 0.6) is 11.5 Å². The first-order chi connectivity index (χ1) is 26.5. The van der Waals surface area contributed by atoms with E-state index in [1.807, 2.05) is 107 Å². The van der Waals surface area contributed by atoms with Crippen molar-refractivity contribution in [1.82, 2.24) is 9.97 Å². The number of aromatic nitrogens is 2. The molecule has 0 radical (unpaired) electrons. The van der Waals surface area contributed by atoms with Gasteiger partial charge in [-0.15, -0.1) is 0 Å². The Balaban J connectivity index is 1.13. The van der Waals surface area contributed by atoms with Crippen LogP contribution in [0.2, 0.25) is 0 Å². The van der Waals surface area contributed by atoms with Gasteiger partial charge in [-0.3, -0.25) is 0 Å². The lowest BCUT2D eigenvalue weighted by Gasteiger charge is -2.18. The number of carbonyl (C=O) groups excluding carboxylic acids is 1. The largest absolute Gasteiger partial charge is 0.493 e. The number of oxazole rings is 2. The third-order valence-corrected chi connectivity index (χ3v) is 8.67. The molecule has 292 valence electrons. The Labute approximate surface area is 321 Å². The van der Waals surface area contributed by atoms with Gasteiger partial charge in [0.2, 0.25) is 11.8 Å². The fraction of sp³-hybridized carbons (Fsp3) is 0.395. The molecule has 55 heavy (non-hydrogen) atoms. The van der Waals surface area contributed by atoms with Crippen molar-refractivity contribution >= 4 is 11.9 Å². The lowest BCUT2D eigenvalue weighted by Crippen LogP contribution is -2.30. The molecule has 12 nitrogen and oxygen atoms in total. The first-order valence-corrected chi connectivity index (χ1v) is 18.7. The minimum atomic E-state index is -0.978. The van der Waals surface area contributed by atoms with Gasteiger partial charge in [0.15, 0.2) is 12.2 Å². The van der Waals surface area contributed by atoms with Crippen molar-refractivity contribution in [3.63, 3.8) is 0 Å². The van der Waals surface area contributed by atoms with Crippen LogP contribution in [0, 0.1) is 13.8 Å². The van der Waals surface area contributed by atoms with Crippen LogP contribution < -0.4 is 9.47 Å². The van der Waals surface area contributed by atoms with Gasteiger partial charge in [-0.2, -0.15) is 0 Å². The van der Waals surface area contributed by atoms with Crippen molar-refractivity contribution in [2.24, 2.45) is 0 Å². The fourth-order valence-corrected chi connectivity index (χ4v) is 5.89. The zero-order valence-electron chi connectivity index (χ0n) is 32.3. The van der Waals surface area contributed by atoms with Gasteiger partial charge >= 0.3 is 11.9 Å². The van der Waals surface area contributed by atoms with E-state index >= 15 is 0 Å². The molecule has 0 aliphatic carbocycles. The van der Waals surface area contributed by atoms with Crippen molar-refractivity contribution in [2.45, 2.75) is 85.5 Å². The molecule has 0 aliphatic rings. The van der Waals surface area contributed by atoms with E-state index in [0.29, 0.717) is 80.5 Å². The average molecular weight is 755 g/mol. The third-order valence-electron chi connectivity index (χ3n) is 8.67. The predicted octanol–water partition coefficient (Wildman–Crippen LogP) is 7.79. The van der Waals surface area contributed by atoms with Crippen molar-refractivity contribution in [3.8, 4) is 34.4 Å². The molecule has 0 saturated heterocycles. The van der Waals surface area contributed by atoms with E-state index in [1.165, 1.54) is 0 Å². The Morgan fingerprint density at radius 3 is 1.58 bits per heavy atom. The standard InChI is InChI=1S/C43H50N2O10/c1-7-49-38(42(46)47)24-30-12-16-34(17-13-30)51-22-20-36-28(5)54-40(44-36)32-10-9-11-33(26-32)41-45-37(29(6)55-41)21-23-52-35-18-14-31(15-19-35)25-39(50-8-2)43(48)53-27(3)4/h9-19,26-27,38-39H,7-8,20-25H2,1-6H3,(H,46,47)/t38-,39-/m0/s1. The molecule has 0 aliphatic heterocycles. The van der Waals surface area contributed by atoms with E-state index in [1.54, 1.807) is 6.92 Å². The minimum Gasteiger partial charge on any atom is -0.493 e. The maximum atomic E-state index is 12.4. The molecule has 3 aromatic carbocycles. The van der Waals surface area contributed by atoms with Gasteiger partial charge in [-0.1, -0.05) is 30.3 Å². The number of rotatable bonds is 21. The Morgan fingerprint density at radius 2 is 1.15 bits per heavy atom. The highest BCUT2D eigenvalue weighted by atomic mass is 16.6. The second-order valence-corrected chi connectivity index (χ2v) is 13.2. The monoisotopic (exact) mass is 754 g/mol. The molecule has 0 bridgehead atoms. The van der Waals surface area contributed by atoms with Crippen LogP contribution >= 0.6 is 0 Å². The highest BCUT2D eigenvalue weighted by Crippen LogP contribution is 2.29. The Bertz CT molecular complexity index is 1980. The smallest absolute Gasteiger partial charge is 0.335 e. The maximum absolute atomic E-state index is 12.4. The van der Waals surface area contributed by atoms with Crippen molar-refractivity contribution in [1.29, 1.82) is 0 Å². The number of aliphatic carboxylic acids is 1. The van der Waals surface area contributed by atoms with Crippen molar-refractivity contribution < 1.29 is 47.2 Å². The second-order valence-electron chi connectivity index (χ2n) is 13.2. The summed E-state index contributed by atoms with van der Waals surface area (Å²) in [4.78, 5) is 33.3. The molecule has 2 heterocycles. The van der Waals surface area contributed by atoms with E-state index in [0.717, 1.165) is 33.6 Å². The molecule has 2 aromatic heterocycles. The summed E-state index contributed by atoms with van der Waals surface area (Å²) in [6.07, 6.45) is 0.0631. The number of nitrogens with zero attached hydrogens (tertiary/aromatic N) is 2. The van der Waals surface area contributed by atoms with E-state index in [4.69, 9.17) is 42.5 Å². The third kappa shape index (κ3) is 11.8. The van der Waals surface area contributed by atoms with Crippen molar-refractivity contribution in [2.75, 3.05) is 26.4 Å². The Morgan fingerprint density at radius 1 is 0.691 bits per heavy atom. The number of benzene rings is 3. The molecule has 5 aromatic rings. The summed E-state index contributed by atoms with van der Waals surface area (Å²) in [6.45, 7) is 12.6. The van der Waals surface area contributed by atoms with Crippen molar-refractivity contribution in [3.05, 3.63) is 107 Å². The number of esters is 1. The summed E-state index contributed by atoms with van der Waals surface area (Å²) < 4.78 is 40.3.